The predicted octanol–water partition coefficient (Wildman–Crippen LogP) is 17.5. The summed E-state index contributed by atoms with van der Waals surface area (Å²) in [6, 6.07) is 0. The number of aliphatic hydroxyl groups excluding tert-OH is 1. The van der Waals surface area contributed by atoms with Crippen LogP contribution in [-0.4, -0.2) is 96.7 Å². The highest BCUT2D eigenvalue weighted by Gasteiger charge is 2.30. The minimum atomic E-state index is -4.94. The van der Waals surface area contributed by atoms with Gasteiger partial charge in [-0.25, -0.2) is 9.13 Å². The molecule has 0 aliphatic rings. The molecule has 5 atom stereocenters. The topological polar surface area (TPSA) is 237 Å². The highest BCUT2D eigenvalue weighted by Crippen LogP contribution is 2.45. The van der Waals surface area contributed by atoms with Gasteiger partial charge in [0.15, 0.2) is 12.2 Å². The van der Waals surface area contributed by atoms with E-state index < -0.39 is 97.5 Å². The Labute approximate surface area is 498 Å². The van der Waals surface area contributed by atoms with Gasteiger partial charge in [-0.05, 0) is 25.7 Å². The fourth-order valence-electron chi connectivity index (χ4n) is 9.46. The first-order chi connectivity index (χ1) is 39.7. The molecule has 17 nitrogen and oxygen atoms in total. The summed E-state index contributed by atoms with van der Waals surface area (Å²) in [5.41, 5.74) is 0. The van der Waals surface area contributed by atoms with Crippen LogP contribution in [0.5, 0.6) is 0 Å². The standard InChI is InChI=1S/C63H122O17P2/c1-5-9-13-17-21-25-27-28-29-31-34-38-42-46-50-63(68)80-59(54-74-61(66)48-44-40-36-33-30-26-22-18-14-10-6-2)56-78-82(71,72)76-52-57(64)51-75-81(69,70)77-55-58(53-73-60(65)47-43-39-35-24-20-16-12-8-4)79-62(67)49-45-41-37-32-23-19-15-11-7-3/h57-59,64H,5-56H2,1-4H3,(H,69,70)(H,71,72)/t57-,58+,59+/m0/s1. The second-order valence-corrected chi connectivity index (χ2v) is 25.7. The van der Waals surface area contributed by atoms with Gasteiger partial charge in [-0.15, -0.1) is 0 Å². The number of ether oxygens (including phenoxy) is 4. The maximum atomic E-state index is 13.0. The molecular formula is C63H122O17P2. The molecular weight excluding hydrogens is 1090 g/mol. The summed E-state index contributed by atoms with van der Waals surface area (Å²) in [4.78, 5) is 72.1. The van der Waals surface area contributed by atoms with Crippen molar-refractivity contribution in [3.05, 3.63) is 0 Å². The van der Waals surface area contributed by atoms with E-state index in [1.807, 2.05) is 0 Å². The Morgan fingerprint density at radius 1 is 0.293 bits per heavy atom. The number of rotatable bonds is 64. The Bertz CT molecular complexity index is 1590. The SMILES string of the molecule is CCCCCCCCCCCCCCCCC(=O)O[C@H](COC(=O)CCCCCCCCCCCCC)COP(=O)(O)OC[C@@H](O)COP(=O)(O)OC[C@@H](COC(=O)CCCCCCCCCC)OC(=O)CCCCCCCCCCC. The van der Waals surface area contributed by atoms with Gasteiger partial charge >= 0.3 is 39.5 Å². The molecule has 3 N–H and O–H groups in total. The summed E-state index contributed by atoms with van der Waals surface area (Å²) in [5, 5.41) is 10.5. The van der Waals surface area contributed by atoms with E-state index in [0.717, 1.165) is 96.3 Å². The van der Waals surface area contributed by atoms with Crippen LogP contribution in [0.2, 0.25) is 0 Å². The zero-order valence-corrected chi connectivity index (χ0v) is 54.2. The number of esters is 4. The fourth-order valence-corrected chi connectivity index (χ4v) is 11.0. The average molecular weight is 1210 g/mol. The van der Waals surface area contributed by atoms with E-state index in [1.165, 1.54) is 148 Å². The monoisotopic (exact) mass is 1210 g/mol. The first-order valence-corrected chi connectivity index (χ1v) is 36.3. The Hall–Kier alpha value is -1.94. The molecule has 0 heterocycles. The molecule has 0 bridgehead atoms. The van der Waals surface area contributed by atoms with Gasteiger partial charge in [-0.3, -0.25) is 37.3 Å². The highest BCUT2D eigenvalue weighted by atomic mass is 31.2. The van der Waals surface area contributed by atoms with E-state index in [-0.39, 0.29) is 25.7 Å². The molecule has 0 aliphatic carbocycles. The molecule has 0 aromatic carbocycles. The van der Waals surface area contributed by atoms with Gasteiger partial charge in [0, 0.05) is 25.7 Å². The van der Waals surface area contributed by atoms with E-state index in [0.29, 0.717) is 25.7 Å². The van der Waals surface area contributed by atoms with Gasteiger partial charge in [0.05, 0.1) is 26.4 Å². The van der Waals surface area contributed by atoms with Crippen LogP contribution in [0.25, 0.3) is 0 Å². The molecule has 19 heteroatoms. The van der Waals surface area contributed by atoms with E-state index in [2.05, 4.69) is 27.7 Å². The first-order valence-electron chi connectivity index (χ1n) is 33.3. The van der Waals surface area contributed by atoms with Crippen molar-refractivity contribution in [3.8, 4) is 0 Å². The van der Waals surface area contributed by atoms with Crippen LogP contribution < -0.4 is 0 Å². The summed E-state index contributed by atoms with van der Waals surface area (Å²) < 4.78 is 67.9. The van der Waals surface area contributed by atoms with Crippen LogP contribution in [0.4, 0.5) is 0 Å². The second-order valence-electron chi connectivity index (χ2n) is 22.8. The molecule has 82 heavy (non-hydrogen) atoms. The molecule has 0 fully saturated rings. The number of aliphatic hydroxyl groups is 1. The van der Waals surface area contributed by atoms with E-state index >= 15 is 0 Å². The highest BCUT2D eigenvalue weighted by molar-refractivity contribution is 7.47. The van der Waals surface area contributed by atoms with Crippen LogP contribution in [-0.2, 0) is 65.4 Å². The molecule has 0 rings (SSSR count). The lowest BCUT2D eigenvalue weighted by molar-refractivity contribution is -0.161. The second kappa shape index (κ2) is 58.1. The number of carbonyl (C=O) groups is 4. The van der Waals surface area contributed by atoms with Gasteiger partial charge in [0.1, 0.15) is 19.3 Å². The number of hydrogen-bond acceptors (Lipinski definition) is 15. The van der Waals surface area contributed by atoms with Crippen LogP contribution in [0.3, 0.4) is 0 Å². The lowest BCUT2D eigenvalue weighted by Crippen LogP contribution is -2.30. The Balaban J connectivity index is 5.21. The van der Waals surface area contributed by atoms with Gasteiger partial charge < -0.3 is 33.8 Å². The van der Waals surface area contributed by atoms with Crippen molar-refractivity contribution in [3.63, 3.8) is 0 Å². The Morgan fingerprint density at radius 2 is 0.488 bits per heavy atom. The zero-order chi connectivity index (χ0) is 60.5. The predicted molar refractivity (Wildman–Crippen MR) is 326 cm³/mol. The minimum Gasteiger partial charge on any atom is -0.462 e. The van der Waals surface area contributed by atoms with Crippen molar-refractivity contribution >= 4 is 39.5 Å². The maximum absolute atomic E-state index is 13.0. The van der Waals surface area contributed by atoms with Gasteiger partial charge in [0.25, 0.3) is 0 Å². The van der Waals surface area contributed by atoms with Gasteiger partial charge in [-0.1, -0.05) is 272 Å². The normalized spacial score (nSPS) is 14.2. The number of carbonyl (C=O) groups excluding carboxylic acids is 4. The molecule has 486 valence electrons. The van der Waals surface area contributed by atoms with Crippen molar-refractivity contribution in [1.82, 2.24) is 0 Å². The minimum absolute atomic E-state index is 0.106. The number of hydrogen-bond donors (Lipinski definition) is 3. The van der Waals surface area contributed by atoms with Crippen molar-refractivity contribution in [2.75, 3.05) is 39.6 Å². The molecule has 0 amide bonds. The average Bonchev–Trinajstić information content (AvgIpc) is 3.45. The van der Waals surface area contributed by atoms with Gasteiger partial charge in [-0.2, -0.15) is 0 Å². The fraction of sp³-hybridized carbons (Fsp3) is 0.937. The van der Waals surface area contributed by atoms with Crippen molar-refractivity contribution in [2.24, 2.45) is 0 Å². The largest absolute Gasteiger partial charge is 0.472 e. The first kappa shape index (κ1) is 80.1. The third kappa shape index (κ3) is 57.2. The van der Waals surface area contributed by atoms with Crippen molar-refractivity contribution < 1.29 is 80.2 Å². The quantitative estimate of drug-likeness (QED) is 0.0222. The van der Waals surface area contributed by atoms with Crippen molar-refractivity contribution in [2.45, 2.75) is 341 Å². The molecule has 0 aliphatic heterocycles. The van der Waals surface area contributed by atoms with E-state index in [4.69, 9.17) is 37.0 Å². The van der Waals surface area contributed by atoms with Crippen LogP contribution in [0.1, 0.15) is 323 Å². The van der Waals surface area contributed by atoms with Crippen LogP contribution in [0, 0.1) is 0 Å². The lowest BCUT2D eigenvalue weighted by Gasteiger charge is -2.21. The smallest absolute Gasteiger partial charge is 0.462 e. The summed E-state index contributed by atoms with van der Waals surface area (Å²) in [5.74, 6) is -2.13. The number of phosphoric acid groups is 2. The molecule has 0 spiro atoms. The summed E-state index contributed by atoms with van der Waals surface area (Å²) in [7, 11) is -9.88. The van der Waals surface area contributed by atoms with Crippen LogP contribution >= 0.6 is 15.6 Å². The summed E-state index contributed by atoms with van der Waals surface area (Å²) in [6.45, 7) is 4.85. The van der Waals surface area contributed by atoms with Crippen molar-refractivity contribution in [1.29, 1.82) is 0 Å². The third-order valence-electron chi connectivity index (χ3n) is 14.6. The van der Waals surface area contributed by atoms with E-state index in [1.54, 1.807) is 0 Å². The summed E-state index contributed by atoms with van der Waals surface area (Å²) >= 11 is 0. The maximum Gasteiger partial charge on any atom is 0.472 e. The zero-order valence-electron chi connectivity index (χ0n) is 52.5. The molecule has 0 aromatic heterocycles. The van der Waals surface area contributed by atoms with E-state index in [9.17, 15) is 43.2 Å². The summed E-state index contributed by atoms with van der Waals surface area (Å²) in [6.07, 6.45) is 43.0. The Morgan fingerprint density at radius 3 is 0.720 bits per heavy atom. The molecule has 0 radical (unpaired) electrons. The molecule has 2 unspecified atom stereocenters. The molecule has 0 saturated heterocycles. The van der Waals surface area contributed by atoms with Gasteiger partial charge in [0.2, 0.25) is 0 Å². The lowest BCUT2D eigenvalue weighted by atomic mass is 10.0. The molecule has 0 aromatic rings. The van der Waals surface area contributed by atoms with Crippen LogP contribution in [0.15, 0.2) is 0 Å². The number of phosphoric ester groups is 2. The third-order valence-corrected chi connectivity index (χ3v) is 16.5. The Kier molecular flexibility index (Phi) is 56.7. The molecule has 0 saturated carbocycles. The number of unbranched alkanes of at least 4 members (excludes halogenated alkanes) is 38.